The van der Waals surface area contributed by atoms with Crippen LogP contribution < -0.4 is 5.69 Å². The molecule has 3 aromatic heterocycles. The fourth-order valence-corrected chi connectivity index (χ4v) is 5.21. The van der Waals surface area contributed by atoms with Crippen LogP contribution in [0.4, 0.5) is 17.6 Å². The van der Waals surface area contributed by atoms with E-state index in [1.165, 1.54) is 34.0 Å². The van der Waals surface area contributed by atoms with Crippen molar-refractivity contribution in [2.45, 2.75) is 18.9 Å². The van der Waals surface area contributed by atoms with Crippen molar-refractivity contribution >= 4 is 16.9 Å². The molecule has 4 heterocycles. The van der Waals surface area contributed by atoms with Crippen molar-refractivity contribution in [2.75, 3.05) is 13.1 Å². The number of amides is 1. The lowest BCUT2D eigenvalue weighted by atomic mass is 10.0. The van der Waals surface area contributed by atoms with Gasteiger partial charge >= 0.3 is 5.69 Å². The highest BCUT2D eigenvalue weighted by Gasteiger charge is 2.30. The molecule has 206 valence electrons. The molecule has 0 unspecified atom stereocenters. The zero-order valence-electron chi connectivity index (χ0n) is 21.1. The number of benzene rings is 2. The number of hydrogen-bond donors (Lipinski definition) is 1. The second-order valence-electron chi connectivity index (χ2n) is 9.55. The average Bonchev–Trinajstić information content (AvgIpc) is 3.57. The third-order valence-electron chi connectivity index (χ3n) is 7.16. The van der Waals surface area contributed by atoms with Gasteiger partial charge in [0.05, 0.1) is 22.4 Å². The minimum atomic E-state index is -1.62. The number of nitrogens with zero attached hydrogens (tertiary/aromatic N) is 6. The van der Waals surface area contributed by atoms with Gasteiger partial charge < -0.3 is 9.88 Å². The van der Waals surface area contributed by atoms with Gasteiger partial charge in [-0.15, -0.1) is 0 Å². The molecule has 2 aromatic carbocycles. The first-order valence-electron chi connectivity index (χ1n) is 12.5. The number of H-pyrrole nitrogens is 1. The van der Waals surface area contributed by atoms with Gasteiger partial charge in [-0.1, -0.05) is 0 Å². The van der Waals surface area contributed by atoms with E-state index in [0.717, 1.165) is 22.9 Å². The standard InChI is InChI=1S/C28H19F4N7O2/c29-19-3-4-22-26(18(19)13-33)38(28(41)35-22)16-5-8-37(9-6-16)27(40)23-12-24(15-2-1-7-34-14-15)39(36-23)17-10-20(30)25(32)21(31)11-17/h1-4,7,10-12,14,16H,5-6,8-9H2,(H,35,41). The molecule has 1 amide bonds. The van der Waals surface area contributed by atoms with Crippen LogP contribution in [0.5, 0.6) is 0 Å². The van der Waals surface area contributed by atoms with Crippen LogP contribution in [0.15, 0.2) is 59.7 Å². The maximum atomic E-state index is 14.3. The number of imidazole rings is 1. The van der Waals surface area contributed by atoms with Gasteiger partial charge in [-0.05, 0) is 43.2 Å². The minimum absolute atomic E-state index is 0.0226. The Kier molecular flexibility index (Phi) is 6.37. The molecule has 1 aliphatic rings. The summed E-state index contributed by atoms with van der Waals surface area (Å²) in [6.45, 7) is 0.434. The first-order chi connectivity index (χ1) is 19.8. The number of piperidine rings is 1. The number of fused-ring (bicyclic) bond motifs is 1. The summed E-state index contributed by atoms with van der Waals surface area (Å²) in [5, 5.41) is 13.8. The Labute approximate surface area is 228 Å². The Hall–Kier alpha value is -5.25. The van der Waals surface area contributed by atoms with Gasteiger partial charge in [0.25, 0.3) is 5.91 Å². The summed E-state index contributed by atoms with van der Waals surface area (Å²) in [5.41, 5.74) is 0.463. The topological polar surface area (TPSA) is 113 Å². The second kappa shape index (κ2) is 10.1. The summed E-state index contributed by atoms with van der Waals surface area (Å²) in [4.78, 5) is 34.4. The highest BCUT2D eigenvalue weighted by Crippen LogP contribution is 2.30. The SMILES string of the molecule is N#Cc1c(F)ccc2[nH]c(=O)n(C3CCN(C(=O)c4cc(-c5cccnc5)n(-c5cc(F)c(F)c(F)c5)n4)CC3)c12. The Morgan fingerprint density at radius 1 is 1.02 bits per heavy atom. The number of pyridine rings is 1. The number of rotatable bonds is 4. The van der Waals surface area contributed by atoms with E-state index in [2.05, 4.69) is 15.1 Å². The molecule has 5 aromatic rings. The number of aromatic amines is 1. The molecule has 13 heteroatoms. The maximum absolute atomic E-state index is 14.3. The van der Waals surface area contributed by atoms with E-state index in [9.17, 15) is 32.4 Å². The lowest BCUT2D eigenvalue weighted by Gasteiger charge is -2.32. The van der Waals surface area contributed by atoms with E-state index in [0.29, 0.717) is 29.6 Å². The van der Waals surface area contributed by atoms with Crippen molar-refractivity contribution in [3.8, 4) is 23.0 Å². The molecule has 6 rings (SSSR count). The predicted molar refractivity (Wildman–Crippen MR) is 138 cm³/mol. The summed E-state index contributed by atoms with van der Waals surface area (Å²) < 4.78 is 58.5. The van der Waals surface area contributed by atoms with Crippen LogP contribution in [0.1, 0.15) is 34.9 Å². The lowest BCUT2D eigenvalue weighted by molar-refractivity contribution is 0.0688. The van der Waals surface area contributed by atoms with Crippen molar-refractivity contribution in [3.05, 3.63) is 99.9 Å². The van der Waals surface area contributed by atoms with Crippen LogP contribution in [-0.2, 0) is 0 Å². The fraction of sp³-hybridized carbons (Fsp3) is 0.179. The molecule has 1 saturated heterocycles. The van der Waals surface area contributed by atoms with Crippen LogP contribution in [0.25, 0.3) is 28.0 Å². The molecule has 1 aliphatic heterocycles. The molecule has 0 atom stereocenters. The monoisotopic (exact) mass is 561 g/mol. The number of nitriles is 1. The summed E-state index contributed by atoms with van der Waals surface area (Å²) in [6, 6.07) is 10.3. The first kappa shape index (κ1) is 26.0. The zero-order valence-corrected chi connectivity index (χ0v) is 21.1. The molecular formula is C28H19F4N7O2. The fourth-order valence-electron chi connectivity index (χ4n) is 5.21. The quantitative estimate of drug-likeness (QED) is 0.257. The number of carbonyl (C=O) groups is 1. The maximum Gasteiger partial charge on any atom is 0.326 e. The molecule has 0 bridgehead atoms. The smallest absolute Gasteiger partial charge is 0.326 e. The van der Waals surface area contributed by atoms with Crippen LogP contribution in [0, 0.1) is 34.6 Å². The molecule has 0 aliphatic carbocycles. The third-order valence-corrected chi connectivity index (χ3v) is 7.16. The van der Waals surface area contributed by atoms with Crippen molar-refractivity contribution < 1.29 is 22.4 Å². The number of nitrogens with one attached hydrogen (secondary N) is 1. The molecule has 0 saturated carbocycles. The van der Waals surface area contributed by atoms with Crippen molar-refractivity contribution in [1.82, 2.24) is 29.2 Å². The molecule has 1 N–H and O–H groups in total. The summed E-state index contributed by atoms with van der Waals surface area (Å²) in [6.07, 6.45) is 3.69. The van der Waals surface area contributed by atoms with Crippen molar-refractivity contribution in [2.24, 2.45) is 0 Å². The first-order valence-corrected chi connectivity index (χ1v) is 12.5. The predicted octanol–water partition coefficient (Wildman–Crippen LogP) is 4.48. The summed E-state index contributed by atoms with van der Waals surface area (Å²) >= 11 is 0. The number of carbonyl (C=O) groups excluding carboxylic acids is 1. The zero-order chi connectivity index (χ0) is 28.8. The third kappa shape index (κ3) is 4.43. The number of aromatic nitrogens is 5. The van der Waals surface area contributed by atoms with Crippen LogP contribution >= 0.6 is 0 Å². The normalized spacial score (nSPS) is 14.0. The van der Waals surface area contributed by atoms with Gasteiger partial charge in [0.15, 0.2) is 23.1 Å². The van der Waals surface area contributed by atoms with E-state index in [1.807, 2.05) is 6.07 Å². The molecular weight excluding hydrogens is 542 g/mol. The van der Waals surface area contributed by atoms with Gasteiger partial charge in [-0.2, -0.15) is 10.4 Å². The number of hydrogen-bond acceptors (Lipinski definition) is 5. The molecule has 9 nitrogen and oxygen atoms in total. The van der Waals surface area contributed by atoms with E-state index in [1.54, 1.807) is 12.1 Å². The van der Waals surface area contributed by atoms with Gasteiger partial charge in [0.2, 0.25) is 0 Å². The van der Waals surface area contributed by atoms with Crippen LogP contribution in [-0.4, -0.2) is 48.2 Å². The average molecular weight is 561 g/mol. The molecule has 1 fully saturated rings. The van der Waals surface area contributed by atoms with Gasteiger partial charge in [0, 0.05) is 49.2 Å². The van der Waals surface area contributed by atoms with Gasteiger partial charge in [0.1, 0.15) is 17.4 Å². The summed E-state index contributed by atoms with van der Waals surface area (Å²) in [5.74, 6) is -5.64. The second-order valence-corrected chi connectivity index (χ2v) is 9.55. The molecule has 0 radical (unpaired) electrons. The van der Waals surface area contributed by atoms with E-state index in [-0.39, 0.29) is 35.6 Å². The Morgan fingerprint density at radius 3 is 2.41 bits per heavy atom. The Bertz CT molecular complexity index is 1890. The number of halogens is 4. The van der Waals surface area contributed by atoms with E-state index < -0.39 is 40.9 Å². The highest BCUT2D eigenvalue weighted by molar-refractivity contribution is 5.93. The van der Waals surface area contributed by atoms with E-state index in [4.69, 9.17) is 0 Å². The number of likely N-dealkylation sites (tertiary alicyclic amines) is 1. The van der Waals surface area contributed by atoms with Gasteiger partial charge in [-0.25, -0.2) is 27.0 Å². The Balaban J connectivity index is 1.30. The highest BCUT2D eigenvalue weighted by atomic mass is 19.2. The van der Waals surface area contributed by atoms with Crippen molar-refractivity contribution in [1.29, 1.82) is 5.26 Å². The van der Waals surface area contributed by atoms with Crippen LogP contribution in [0.2, 0.25) is 0 Å². The Morgan fingerprint density at radius 2 is 1.76 bits per heavy atom. The van der Waals surface area contributed by atoms with E-state index >= 15 is 0 Å². The summed E-state index contributed by atoms with van der Waals surface area (Å²) in [7, 11) is 0. The minimum Gasteiger partial charge on any atom is -0.337 e. The largest absolute Gasteiger partial charge is 0.337 e. The lowest BCUT2D eigenvalue weighted by Crippen LogP contribution is -2.40. The van der Waals surface area contributed by atoms with Crippen LogP contribution in [0.3, 0.4) is 0 Å². The van der Waals surface area contributed by atoms with Crippen molar-refractivity contribution in [3.63, 3.8) is 0 Å². The molecule has 41 heavy (non-hydrogen) atoms. The molecule has 0 spiro atoms. The van der Waals surface area contributed by atoms with Gasteiger partial charge in [-0.3, -0.25) is 14.3 Å².